The van der Waals surface area contributed by atoms with Crippen molar-refractivity contribution in [2.24, 2.45) is 0 Å². The second kappa shape index (κ2) is 13.3. The van der Waals surface area contributed by atoms with Gasteiger partial charge >= 0.3 is 0 Å². The molecule has 0 amide bonds. The van der Waals surface area contributed by atoms with E-state index in [9.17, 15) is 0 Å². The second-order valence-electron chi connectivity index (χ2n) is 11.8. The first-order valence-electron chi connectivity index (χ1n) is 16.1. The van der Waals surface area contributed by atoms with Crippen molar-refractivity contribution in [1.82, 2.24) is 16.1 Å². The molecule has 0 spiro atoms. The zero-order valence-electron chi connectivity index (χ0n) is 26.4. The Morgan fingerprint density at radius 2 is 0.854 bits per heavy atom. The summed E-state index contributed by atoms with van der Waals surface area (Å²) in [6.07, 6.45) is 8.13. The Labute approximate surface area is 281 Å². The fourth-order valence-electron chi connectivity index (χ4n) is 6.11. The van der Waals surface area contributed by atoms with E-state index < -0.39 is 0 Å². The highest BCUT2D eigenvalue weighted by Gasteiger charge is 2.24. The summed E-state index contributed by atoms with van der Waals surface area (Å²) in [5, 5.41) is 8.59. The number of benzene rings is 5. The number of pyridine rings is 1. The van der Waals surface area contributed by atoms with Crippen LogP contribution in [0.3, 0.4) is 0 Å². The van der Waals surface area contributed by atoms with Gasteiger partial charge in [-0.3, -0.25) is 25.0 Å². The van der Waals surface area contributed by atoms with Gasteiger partial charge in [0.25, 0.3) is 0 Å². The summed E-state index contributed by atoms with van der Waals surface area (Å²) in [5.41, 5.74) is 18.3. The summed E-state index contributed by atoms with van der Waals surface area (Å²) in [6, 6.07) is 52.7. The maximum Gasteiger partial charge on any atom is 0.0633 e. The van der Waals surface area contributed by atoms with Crippen LogP contribution in [0, 0.1) is 0 Å². The average Bonchev–Trinajstić information content (AvgIpc) is 3.19. The van der Waals surface area contributed by atoms with E-state index in [1.165, 1.54) is 22.3 Å². The topological polar surface area (TPSA) is 49.9 Å². The predicted octanol–water partition coefficient (Wildman–Crippen LogP) is 8.32. The third-order valence-electron chi connectivity index (χ3n) is 8.56. The molecule has 5 aromatic carbocycles. The lowest BCUT2D eigenvalue weighted by Crippen LogP contribution is -2.53. The molecular weight excluding hydrogens is 591 g/mol. The molecule has 0 unspecified atom stereocenters. The van der Waals surface area contributed by atoms with E-state index in [-0.39, 0.29) is 0 Å². The highest BCUT2D eigenvalue weighted by molar-refractivity contribution is 5.81. The number of anilines is 4. The molecule has 0 saturated heterocycles. The monoisotopic (exact) mass is 625 g/mol. The molecule has 7 nitrogen and oxygen atoms in total. The summed E-state index contributed by atoms with van der Waals surface area (Å²) in [4.78, 5) is 4.45. The van der Waals surface area contributed by atoms with Crippen LogP contribution in [-0.4, -0.2) is 18.1 Å². The molecule has 2 aliphatic rings. The molecule has 1 aromatic heterocycles. The molecule has 3 heterocycles. The third kappa shape index (κ3) is 6.28. The minimum absolute atomic E-state index is 0.711. The maximum absolute atomic E-state index is 4.45. The van der Waals surface area contributed by atoms with E-state index in [1.54, 1.807) is 0 Å². The first-order chi connectivity index (χ1) is 23.8. The van der Waals surface area contributed by atoms with Crippen LogP contribution in [-0.2, 0) is 0 Å². The molecule has 0 atom stereocenters. The van der Waals surface area contributed by atoms with Crippen LogP contribution in [0.2, 0.25) is 0 Å². The minimum Gasteiger partial charge on any atom is -0.286 e. The van der Waals surface area contributed by atoms with Crippen molar-refractivity contribution >= 4 is 33.9 Å². The Morgan fingerprint density at radius 1 is 0.417 bits per heavy atom. The van der Waals surface area contributed by atoms with Crippen LogP contribution in [0.15, 0.2) is 176 Å². The number of nitrogens with one attached hydrogen (secondary N) is 2. The standard InChI is InChI=1S/C41H35N7/c1-5-14-32(15-6-1)36-28-45(38-19-9-3-10-20-38)43-47(30-36)40-24-35(34-18-13-23-42-27-34)25-41(26-40)48-31-37(33-16-7-2-8-17-33)29-46(44-48)39-21-11-4-12-22-39/h1-27,30-31,43-44H,28-29H2. The lowest BCUT2D eigenvalue weighted by Gasteiger charge is -2.39. The van der Waals surface area contributed by atoms with Gasteiger partial charge in [-0.2, -0.15) is 0 Å². The third-order valence-corrected chi connectivity index (χ3v) is 8.56. The quantitative estimate of drug-likeness (QED) is 0.185. The fraction of sp³-hybridized carbons (Fsp3) is 0.0488. The van der Waals surface area contributed by atoms with Crippen molar-refractivity contribution in [2.75, 3.05) is 33.1 Å². The van der Waals surface area contributed by atoms with Gasteiger partial charge in [-0.15, -0.1) is 11.1 Å². The van der Waals surface area contributed by atoms with Gasteiger partial charge in [-0.25, -0.2) is 0 Å². The normalized spacial score (nSPS) is 14.8. The highest BCUT2D eigenvalue weighted by atomic mass is 15.8. The fourth-order valence-corrected chi connectivity index (χ4v) is 6.11. The van der Waals surface area contributed by atoms with Crippen LogP contribution in [0.25, 0.3) is 22.3 Å². The highest BCUT2D eigenvalue weighted by Crippen LogP contribution is 2.35. The molecule has 0 aliphatic carbocycles. The zero-order chi connectivity index (χ0) is 32.1. The summed E-state index contributed by atoms with van der Waals surface area (Å²) in [7, 11) is 0. The zero-order valence-corrected chi connectivity index (χ0v) is 26.4. The van der Waals surface area contributed by atoms with Gasteiger partial charge in [0, 0.05) is 30.4 Å². The van der Waals surface area contributed by atoms with E-state index in [0.29, 0.717) is 13.1 Å². The molecule has 0 bridgehead atoms. The molecule has 8 rings (SSSR count). The number of rotatable bonds is 7. The second-order valence-corrected chi connectivity index (χ2v) is 11.8. The van der Waals surface area contributed by atoms with Crippen molar-refractivity contribution < 1.29 is 0 Å². The molecule has 2 N–H and O–H groups in total. The molecule has 0 fully saturated rings. The summed E-state index contributed by atoms with van der Waals surface area (Å²) < 4.78 is 0. The summed E-state index contributed by atoms with van der Waals surface area (Å²) in [5.74, 6) is 0. The molecular formula is C41H35N7. The van der Waals surface area contributed by atoms with Crippen molar-refractivity contribution in [3.05, 3.63) is 188 Å². The molecule has 7 heteroatoms. The Kier molecular flexibility index (Phi) is 8.11. The Morgan fingerprint density at radius 3 is 1.29 bits per heavy atom. The SMILES string of the molecule is C1=C(c2ccccc2)CN(c2ccccc2)NN1c1cc(-c2cccnc2)cc(N2C=C(c3ccccc3)CN(c3ccccc3)N2)c1. The van der Waals surface area contributed by atoms with Crippen LogP contribution in [0.4, 0.5) is 22.7 Å². The van der Waals surface area contributed by atoms with Crippen LogP contribution in [0.1, 0.15) is 11.1 Å². The van der Waals surface area contributed by atoms with Gasteiger partial charge in [0.2, 0.25) is 0 Å². The van der Waals surface area contributed by atoms with Gasteiger partial charge in [-0.1, -0.05) is 103 Å². The number of hydrazine groups is 4. The number of hydrogen-bond donors (Lipinski definition) is 2. The average molecular weight is 626 g/mol. The van der Waals surface area contributed by atoms with Crippen LogP contribution >= 0.6 is 0 Å². The summed E-state index contributed by atoms with van der Waals surface area (Å²) >= 11 is 0. The Balaban J connectivity index is 1.25. The van der Waals surface area contributed by atoms with Crippen LogP contribution < -0.4 is 31.1 Å². The summed E-state index contributed by atoms with van der Waals surface area (Å²) in [6.45, 7) is 1.42. The molecule has 234 valence electrons. The molecule has 6 aromatic rings. The number of aromatic nitrogens is 1. The first-order valence-corrected chi connectivity index (χ1v) is 16.1. The van der Waals surface area contributed by atoms with Gasteiger partial charge in [-0.05, 0) is 76.4 Å². The molecule has 0 saturated carbocycles. The minimum atomic E-state index is 0.711. The number of hydrogen-bond acceptors (Lipinski definition) is 7. The van der Waals surface area contributed by atoms with E-state index in [1.807, 2.05) is 30.6 Å². The van der Waals surface area contributed by atoms with Crippen LogP contribution in [0.5, 0.6) is 0 Å². The van der Waals surface area contributed by atoms with E-state index in [2.05, 4.69) is 182 Å². The number of nitrogens with zero attached hydrogens (tertiary/aromatic N) is 5. The lowest BCUT2D eigenvalue weighted by molar-refractivity contribution is 0.639. The first kappa shape index (κ1) is 29.3. The van der Waals surface area contributed by atoms with E-state index in [0.717, 1.165) is 33.9 Å². The molecule has 2 aliphatic heterocycles. The Hall–Kier alpha value is -6.15. The predicted molar refractivity (Wildman–Crippen MR) is 197 cm³/mol. The Bertz CT molecular complexity index is 1910. The lowest BCUT2D eigenvalue weighted by atomic mass is 10.0. The van der Waals surface area contributed by atoms with Gasteiger partial charge in [0.05, 0.1) is 35.8 Å². The van der Waals surface area contributed by atoms with Gasteiger partial charge in [0.15, 0.2) is 0 Å². The maximum atomic E-state index is 4.45. The van der Waals surface area contributed by atoms with E-state index >= 15 is 0 Å². The van der Waals surface area contributed by atoms with Crippen molar-refractivity contribution in [1.29, 1.82) is 0 Å². The molecule has 48 heavy (non-hydrogen) atoms. The van der Waals surface area contributed by atoms with Crippen molar-refractivity contribution in [3.8, 4) is 11.1 Å². The smallest absolute Gasteiger partial charge is 0.0633 e. The van der Waals surface area contributed by atoms with Gasteiger partial charge < -0.3 is 0 Å². The number of para-hydroxylation sites is 2. The van der Waals surface area contributed by atoms with Crippen molar-refractivity contribution in [3.63, 3.8) is 0 Å². The van der Waals surface area contributed by atoms with Crippen molar-refractivity contribution in [2.45, 2.75) is 0 Å². The molecule has 0 radical (unpaired) electrons. The van der Waals surface area contributed by atoms with Gasteiger partial charge in [0.1, 0.15) is 0 Å². The largest absolute Gasteiger partial charge is 0.286 e. The van der Waals surface area contributed by atoms with E-state index in [4.69, 9.17) is 0 Å².